The number of aryl methyl sites for hydroxylation is 2. The van der Waals surface area contributed by atoms with Crippen LogP contribution in [0.5, 0.6) is 0 Å². The van der Waals surface area contributed by atoms with Crippen molar-refractivity contribution in [1.29, 1.82) is 0 Å². The zero-order valence-corrected chi connectivity index (χ0v) is 34.9. The van der Waals surface area contributed by atoms with E-state index in [0.29, 0.717) is 13.1 Å². The van der Waals surface area contributed by atoms with Crippen LogP contribution in [-0.4, -0.2) is 91.3 Å². The van der Waals surface area contributed by atoms with Gasteiger partial charge in [-0.2, -0.15) is 0 Å². The largest absolute Gasteiger partial charge is 0.453 e. The number of H-pyrrole nitrogens is 2. The van der Waals surface area contributed by atoms with Crippen LogP contribution >= 0.6 is 0 Å². The molecule has 5 rings (SSSR count). The third-order valence-corrected chi connectivity index (χ3v) is 10.6. The van der Waals surface area contributed by atoms with Gasteiger partial charge in [-0.1, -0.05) is 39.8 Å². The molecule has 6 N–H and O–H groups in total. The van der Waals surface area contributed by atoms with Gasteiger partial charge < -0.3 is 45.8 Å². The maximum absolute atomic E-state index is 12.6. The molecule has 2 atom stereocenters. The Hall–Kier alpha value is -5.37. The number of hydrogen-bond acceptors (Lipinski definition) is 9. The lowest BCUT2D eigenvalue weighted by molar-refractivity contribution is -0.124. The Morgan fingerprint density at radius 2 is 1.18 bits per heavy atom. The SMILES string of the molecule is CN[C@H](C(=O)NCCCCc1ncc(-c2ccc3c(c2)CN(C)c2ccc(-c4cnc(CCCCNC(=O)C(NC(=O)OC)C(C)C)[nH]4)cc2CN3C)[nH]1)C(C)C. The fourth-order valence-corrected chi connectivity index (χ4v) is 7.42. The lowest BCUT2D eigenvalue weighted by Gasteiger charge is -2.32. The van der Waals surface area contributed by atoms with Gasteiger partial charge in [0.1, 0.15) is 17.7 Å². The Morgan fingerprint density at radius 1 is 0.719 bits per heavy atom. The topological polar surface area (TPSA) is 172 Å². The van der Waals surface area contributed by atoms with Crippen LogP contribution in [0.2, 0.25) is 0 Å². The summed E-state index contributed by atoms with van der Waals surface area (Å²) >= 11 is 0. The number of methoxy groups -OCH3 is 1. The second-order valence-electron chi connectivity index (χ2n) is 15.8. The standard InChI is InChI=1S/C43H62N10O4/c1-27(2)39(44-5)41(54)45-19-11-9-13-37-47-23-33(49-37)29-15-17-35-31(21-29)25-52(6)36-18-16-30(22-32(36)26-53(35)7)34-24-48-38(50-34)14-10-12-20-46-42(55)40(28(3)4)51-43(56)57-8/h15-18,21-24,27-28,39-40,44H,9-14,19-20,25-26H2,1-8H3,(H,45,54)(H,46,55)(H,47,49)(H,48,50)(H,51,56)/t39-,40?/m0/s1. The fraction of sp³-hybridized carbons (Fsp3) is 0.512. The van der Waals surface area contributed by atoms with Gasteiger partial charge in [-0.05, 0) is 80.0 Å². The van der Waals surface area contributed by atoms with Crippen molar-refractivity contribution in [2.24, 2.45) is 11.8 Å². The number of likely N-dealkylation sites (N-methyl/N-ethyl adjacent to an activating group) is 1. The molecule has 4 aromatic rings. The predicted octanol–water partition coefficient (Wildman–Crippen LogP) is 5.56. The summed E-state index contributed by atoms with van der Waals surface area (Å²) < 4.78 is 4.65. The number of rotatable bonds is 18. The molecule has 308 valence electrons. The second-order valence-corrected chi connectivity index (χ2v) is 15.8. The van der Waals surface area contributed by atoms with E-state index in [2.05, 4.69) is 106 Å². The van der Waals surface area contributed by atoms with E-state index in [1.807, 2.05) is 47.1 Å². The first kappa shape index (κ1) is 42.8. The maximum atomic E-state index is 12.6. The van der Waals surface area contributed by atoms with Gasteiger partial charge in [-0.15, -0.1) is 0 Å². The lowest BCUT2D eigenvalue weighted by atomic mass is 10.0. The highest BCUT2D eigenvalue weighted by atomic mass is 16.5. The van der Waals surface area contributed by atoms with Crippen molar-refractivity contribution in [2.45, 2.75) is 91.4 Å². The summed E-state index contributed by atoms with van der Waals surface area (Å²) in [4.78, 5) is 57.6. The van der Waals surface area contributed by atoms with Crippen LogP contribution in [0, 0.1) is 11.8 Å². The van der Waals surface area contributed by atoms with Crippen LogP contribution in [0.4, 0.5) is 16.2 Å². The van der Waals surface area contributed by atoms with Crippen molar-refractivity contribution in [1.82, 2.24) is 41.2 Å². The summed E-state index contributed by atoms with van der Waals surface area (Å²) in [5.41, 5.74) is 9.04. The number of carbonyl (C=O) groups excluding carboxylic acids is 3. The van der Waals surface area contributed by atoms with E-state index in [1.165, 1.54) is 29.6 Å². The molecule has 14 heteroatoms. The number of benzene rings is 2. The molecule has 0 aliphatic carbocycles. The number of aromatic amines is 2. The monoisotopic (exact) mass is 782 g/mol. The number of unbranched alkanes of at least 4 members (excludes halogenated alkanes) is 2. The molecule has 0 saturated heterocycles. The summed E-state index contributed by atoms with van der Waals surface area (Å²) in [6, 6.07) is 12.4. The number of hydrogen-bond donors (Lipinski definition) is 6. The molecule has 1 aliphatic heterocycles. The van der Waals surface area contributed by atoms with Gasteiger partial charge in [0, 0.05) is 75.6 Å². The molecule has 2 aromatic heterocycles. The molecule has 2 aromatic carbocycles. The van der Waals surface area contributed by atoms with E-state index < -0.39 is 12.1 Å². The molecule has 0 saturated carbocycles. The van der Waals surface area contributed by atoms with Crippen molar-refractivity contribution in [3.8, 4) is 22.5 Å². The Bertz CT molecular complexity index is 1950. The summed E-state index contributed by atoms with van der Waals surface area (Å²) in [5.74, 6) is 1.88. The fourth-order valence-electron chi connectivity index (χ4n) is 7.42. The number of ether oxygens (including phenoxy) is 1. The quantitative estimate of drug-likeness (QED) is 0.0708. The maximum Gasteiger partial charge on any atom is 0.407 e. The first-order chi connectivity index (χ1) is 27.4. The van der Waals surface area contributed by atoms with Crippen molar-refractivity contribution >= 4 is 29.3 Å². The number of carbonyl (C=O) groups is 3. The number of nitrogens with zero attached hydrogens (tertiary/aromatic N) is 4. The van der Waals surface area contributed by atoms with E-state index in [4.69, 9.17) is 0 Å². The summed E-state index contributed by atoms with van der Waals surface area (Å²) in [6.45, 7) is 10.5. The zero-order valence-electron chi connectivity index (χ0n) is 34.9. The number of anilines is 2. The van der Waals surface area contributed by atoms with E-state index in [-0.39, 0.29) is 29.7 Å². The molecule has 0 radical (unpaired) electrons. The molecule has 0 spiro atoms. The van der Waals surface area contributed by atoms with E-state index >= 15 is 0 Å². The van der Waals surface area contributed by atoms with Gasteiger partial charge in [0.05, 0.1) is 36.9 Å². The van der Waals surface area contributed by atoms with Crippen molar-refractivity contribution in [2.75, 3.05) is 51.1 Å². The van der Waals surface area contributed by atoms with Crippen molar-refractivity contribution in [3.05, 3.63) is 71.6 Å². The molecule has 14 nitrogen and oxygen atoms in total. The molecule has 0 fully saturated rings. The highest BCUT2D eigenvalue weighted by Crippen LogP contribution is 2.35. The summed E-state index contributed by atoms with van der Waals surface area (Å²) in [5, 5.41) is 11.7. The van der Waals surface area contributed by atoms with Gasteiger partial charge in [0.2, 0.25) is 11.8 Å². The molecular formula is C43H62N10O4. The normalized spacial score (nSPS) is 13.7. The molecule has 3 heterocycles. The molecule has 3 amide bonds. The Kier molecular flexibility index (Phi) is 15.1. The minimum Gasteiger partial charge on any atom is -0.453 e. The molecule has 0 bridgehead atoms. The minimum absolute atomic E-state index is 0.0550. The third kappa shape index (κ3) is 11.4. The number of alkyl carbamates (subject to hydrolysis) is 1. The highest BCUT2D eigenvalue weighted by Gasteiger charge is 2.25. The summed E-state index contributed by atoms with van der Waals surface area (Å²) in [7, 11) is 7.40. The summed E-state index contributed by atoms with van der Waals surface area (Å²) in [6.07, 6.45) is 8.25. The Balaban J connectivity index is 1.14. The molecule has 1 unspecified atom stereocenters. The first-order valence-corrected chi connectivity index (χ1v) is 20.2. The van der Waals surface area contributed by atoms with Gasteiger partial charge in [0.15, 0.2) is 0 Å². The van der Waals surface area contributed by atoms with E-state index in [0.717, 1.165) is 85.8 Å². The third-order valence-electron chi connectivity index (χ3n) is 10.6. The minimum atomic E-state index is -0.642. The Labute approximate surface area is 337 Å². The van der Waals surface area contributed by atoms with Crippen molar-refractivity contribution < 1.29 is 19.1 Å². The van der Waals surface area contributed by atoms with Crippen LogP contribution in [0.1, 0.15) is 76.2 Å². The average molecular weight is 783 g/mol. The molecular weight excluding hydrogens is 721 g/mol. The number of fused-ring (bicyclic) bond motifs is 2. The van der Waals surface area contributed by atoms with E-state index in [9.17, 15) is 14.4 Å². The number of nitrogens with one attached hydrogen (secondary N) is 6. The molecule has 57 heavy (non-hydrogen) atoms. The second kappa shape index (κ2) is 20.2. The number of aromatic nitrogens is 4. The van der Waals surface area contributed by atoms with E-state index in [1.54, 1.807) is 0 Å². The predicted molar refractivity (Wildman–Crippen MR) is 226 cm³/mol. The lowest BCUT2D eigenvalue weighted by Crippen LogP contribution is -2.49. The number of imidazole rings is 2. The average Bonchev–Trinajstić information content (AvgIpc) is 3.86. The Morgan fingerprint density at radius 3 is 1.60 bits per heavy atom. The molecule has 1 aliphatic rings. The highest BCUT2D eigenvalue weighted by molar-refractivity contribution is 5.85. The van der Waals surface area contributed by atoms with Gasteiger partial charge in [0.25, 0.3) is 0 Å². The van der Waals surface area contributed by atoms with Crippen LogP contribution in [0.3, 0.4) is 0 Å². The number of amides is 3. The smallest absolute Gasteiger partial charge is 0.407 e. The van der Waals surface area contributed by atoms with Gasteiger partial charge in [-0.3, -0.25) is 9.59 Å². The van der Waals surface area contributed by atoms with Crippen LogP contribution in [0.15, 0.2) is 48.8 Å². The van der Waals surface area contributed by atoms with Crippen LogP contribution < -0.4 is 31.1 Å². The van der Waals surface area contributed by atoms with Gasteiger partial charge >= 0.3 is 6.09 Å². The first-order valence-electron chi connectivity index (χ1n) is 20.2. The zero-order chi connectivity index (χ0) is 41.1. The van der Waals surface area contributed by atoms with Gasteiger partial charge in [-0.25, -0.2) is 14.8 Å². The van der Waals surface area contributed by atoms with Crippen LogP contribution in [-0.2, 0) is 40.3 Å². The van der Waals surface area contributed by atoms with Crippen molar-refractivity contribution in [3.63, 3.8) is 0 Å². The van der Waals surface area contributed by atoms with Crippen LogP contribution in [0.25, 0.3) is 22.5 Å².